The lowest BCUT2D eigenvalue weighted by Crippen LogP contribution is -1.85. The largest absolute Gasteiger partial charge is 0.241 e. The van der Waals surface area contributed by atoms with Crippen LogP contribution in [0.15, 0.2) is 22.7 Å². The molecule has 86 valence electrons. The standard InChI is InChI=1S/C11H8BrN3S2/c1-6-14-15-11(16-6)5-10-13-8-3-2-7(12)4-9(8)17-10/h2-4H,5H2,1H3. The van der Waals surface area contributed by atoms with Crippen molar-refractivity contribution in [2.24, 2.45) is 0 Å². The molecule has 0 radical (unpaired) electrons. The Bertz CT molecular complexity index is 674. The molecule has 3 rings (SSSR count). The average molecular weight is 326 g/mol. The van der Waals surface area contributed by atoms with Gasteiger partial charge in [0, 0.05) is 4.47 Å². The molecule has 0 amide bonds. The molecule has 0 aliphatic carbocycles. The Morgan fingerprint density at radius 3 is 2.82 bits per heavy atom. The van der Waals surface area contributed by atoms with Gasteiger partial charge in [0.1, 0.15) is 15.0 Å². The minimum absolute atomic E-state index is 0.780. The first-order valence-electron chi connectivity index (χ1n) is 5.05. The van der Waals surface area contributed by atoms with E-state index < -0.39 is 0 Å². The van der Waals surface area contributed by atoms with E-state index in [0.29, 0.717) is 0 Å². The Morgan fingerprint density at radius 1 is 1.18 bits per heavy atom. The van der Waals surface area contributed by atoms with E-state index in [2.05, 4.69) is 37.2 Å². The fraction of sp³-hybridized carbons (Fsp3) is 0.182. The number of rotatable bonds is 2. The topological polar surface area (TPSA) is 38.7 Å². The van der Waals surface area contributed by atoms with E-state index in [1.807, 2.05) is 19.1 Å². The van der Waals surface area contributed by atoms with Crippen LogP contribution in [0.5, 0.6) is 0 Å². The number of hydrogen-bond acceptors (Lipinski definition) is 5. The number of nitrogens with zero attached hydrogens (tertiary/aromatic N) is 3. The molecule has 0 aliphatic rings. The van der Waals surface area contributed by atoms with Gasteiger partial charge in [0.2, 0.25) is 0 Å². The van der Waals surface area contributed by atoms with Crippen LogP contribution >= 0.6 is 38.6 Å². The highest BCUT2D eigenvalue weighted by molar-refractivity contribution is 9.10. The second-order valence-electron chi connectivity index (χ2n) is 3.61. The maximum absolute atomic E-state index is 4.59. The van der Waals surface area contributed by atoms with Crippen molar-refractivity contribution in [2.45, 2.75) is 13.3 Å². The first kappa shape index (κ1) is 11.3. The molecule has 0 atom stereocenters. The molecule has 2 heterocycles. The molecule has 0 spiro atoms. The monoisotopic (exact) mass is 325 g/mol. The van der Waals surface area contributed by atoms with E-state index >= 15 is 0 Å². The second kappa shape index (κ2) is 4.44. The molecule has 0 bridgehead atoms. The molecule has 3 nitrogen and oxygen atoms in total. The number of halogens is 1. The molecule has 1 aromatic carbocycles. The van der Waals surface area contributed by atoms with Gasteiger partial charge in [-0.25, -0.2) is 4.98 Å². The number of aryl methyl sites for hydroxylation is 1. The van der Waals surface area contributed by atoms with Gasteiger partial charge in [0.15, 0.2) is 0 Å². The van der Waals surface area contributed by atoms with Crippen molar-refractivity contribution < 1.29 is 0 Å². The summed E-state index contributed by atoms with van der Waals surface area (Å²) in [5.74, 6) is 0. The van der Waals surface area contributed by atoms with Gasteiger partial charge in [-0.05, 0) is 25.1 Å². The summed E-state index contributed by atoms with van der Waals surface area (Å²) in [5.41, 5.74) is 1.05. The van der Waals surface area contributed by atoms with Crippen LogP contribution in [0.3, 0.4) is 0 Å². The third-order valence-electron chi connectivity index (χ3n) is 2.27. The molecule has 6 heteroatoms. The van der Waals surface area contributed by atoms with E-state index in [0.717, 1.165) is 31.4 Å². The van der Waals surface area contributed by atoms with Crippen molar-refractivity contribution in [1.29, 1.82) is 0 Å². The molecule has 2 aromatic heterocycles. The van der Waals surface area contributed by atoms with Crippen LogP contribution < -0.4 is 0 Å². The average Bonchev–Trinajstić information content (AvgIpc) is 2.84. The maximum atomic E-state index is 4.59. The van der Waals surface area contributed by atoms with E-state index in [-0.39, 0.29) is 0 Å². The third-order valence-corrected chi connectivity index (χ3v) is 4.62. The summed E-state index contributed by atoms with van der Waals surface area (Å²) >= 11 is 6.81. The second-order valence-corrected chi connectivity index (χ2v) is 6.91. The van der Waals surface area contributed by atoms with Crippen molar-refractivity contribution in [3.05, 3.63) is 37.7 Å². The first-order valence-corrected chi connectivity index (χ1v) is 7.47. The summed E-state index contributed by atoms with van der Waals surface area (Å²) in [4.78, 5) is 4.59. The summed E-state index contributed by atoms with van der Waals surface area (Å²) in [7, 11) is 0. The van der Waals surface area contributed by atoms with Crippen LogP contribution in [0.2, 0.25) is 0 Å². The highest BCUT2D eigenvalue weighted by atomic mass is 79.9. The molecule has 0 N–H and O–H groups in total. The van der Waals surface area contributed by atoms with Gasteiger partial charge in [0.05, 0.1) is 16.6 Å². The zero-order chi connectivity index (χ0) is 11.8. The van der Waals surface area contributed by atoms with E-state index in [1.165, 1.54) is 4.70 Å². The normalized spacial score (nSPS) is 11.2. The van der Waals surface area contributed by atoms with Crippen molar-refractivity contribution in [3.8, 4) is 0 Å². The van der Waals surface area contributed by atoms with Crippen LogP contribution in [0.4, 0.5) is 0 Å². The van der Waals surface area contributed by atoms with E-state index in [1.54, 1.807) is 22.7 Å². The van der Waals surface area contributed by atoms with Crippen LogP contribution in [0.1, 0.15) is 15.0 Å². The minimum Gasteiger partial charge on any atom is -0.241 e. The molecule has 0 fully saturated rings. The Balaban J connectivity index is 1.95. The molecule has 3 aromatic rings. The van der Waals surface area contributed by atoms with Gasteiger partial charge in [-0.2, -0.15) is 0 Å². The summed E-state index contributed by atoms with van der Waals surface area (Å²) in [6.45, 7) is 1.97. The van der Waals surface area contributed by atoms with Crippen LogP contribution in [-0.2, 0) is 6.42 Å². The lowest BCUT2D eigenvalue weighted by Gasteiger charge is -1.87. The minimum atomic E-state index is 0.780. The quantitative estimate of drug-likeness (QED) is 0.719. The lowest BCUT2D eigenvalue weighted by molar-refractivity contribution is 0.977. The molecular weight excluding hydrogens is 318 g/mol. The summed E-state index contributed by atoms with van der Waals surface area (Å²) in [6.07, 6.45) is 0.780. The Morgan fingerprint density at radius 2 is 2.06 bits per heavy atom. The summed E-state index contributed by atoms with van der Waals surface area (Å²) in [5, 5.41) is 11.3. The molecule has 0 saturated heterocycles. The molecule has 17 heavy (non-hydrogen) atoms. The highest BCUT2D eigenvalue weighted by Gasteiger charge is 2.08. The van der Waals surface area contributed by atoms with Crippen molar-refractivity contribution in [1.82, 2.24) is 15.2 Å². The number of fused-ring (bicyclic) bond motifs is 1. The zero-order valence-corrected chi connectivity index (χ0v) is 12.2. The smallest absolute Gasteiger partial charge is 0.124 e. The van der Waals surface area contributed by atoms with E-state index in [4.69, 9.17) is 0 Å². The summed E-state index contributed by atoms with van der Waals surface area (Å²) < 4.78 is 2.29. The van der Waals surface area contributed by atoms with Crippen molar-refractivity contribution >= 4 is 48.8 Å². The van der Waals surface area contributed by atoms with Crippen molar-refractivity contribution in [3.63, 3.8) is 0 Å². The first-order chi connectivity index (χ1) is 8.20. The number of benzene rings is 1. The van der Waals surface area contributed by atoms with Crippen molar-refractivity contribution in [2.75, 3.05) is 0 Å². The van der Waals surface area contributed by atoms with Crippen LogP contribution in [-0.4, -0.2) is 15.2 Å². The summed E-state index contributed by atoms with van der Waals surface area (Å²) in [6, 6.07) is 6.15. The number of hydrogen-bond donors (Lipinski definition) is 0. The molecule has 0 aliphatic heterocycles. The lowest BCUT2D eigenvalue weighted by atomic mass is 10.3. The van der Waals surface area contributed by atoms with Gasteiger partial charge >= 0.3 is 0 Å². The fourth-order valence-electron chi connectivity index (χ4n) is 1.56. The van der Waals surface area contributed by atoms with Gasteiger partial charge in [-0.1, -0.05) is 15.9 Å². The number of aromatic nitrogens is 3. The maximum Gasteiger partial charge on any atom is 0.124 e. The Hall–Kier alpha value is -0.850. The molecule has 0 saturated carbocycles. The fourth-order valence-corrected chi connectivity index (χ4v) is 3.89. The Kier molecular flexibility index (Phi) is 2.94. The van der Waals surface area contributed by atoms with Gasteiger partial charge in [0.25, 0.3) is 0 Å². The Labute approximate surface area is 115 Å². The molecular formula is C11H8BrN3S2. The SMILES string of the molecule is Cc1nnc(Cc2nc3ccc(Br)cc3s2)s1. The molecule has 0 unspecified atom stereocenters. The van der Waals surface area contributed by atoms with Crippen LogP contribution in [0.25, 0.3) is 10.2 Å². The van der Waals surface area contributed by atoms with Gasteiger partial charge in [-0.3, -0.25) is 0 Å². The zero-order valence-electron chi connectivity index (χ0n) is 8.98. The predicted octanol–water partition coefficient (Wildman–Crippen LogP) is 3.81. The van der Waals surface area contributed by atoms with Gasteiger partial charge < -0.3 is 0 Å². The number of thiazole rings is 1. The van der Waals surface area contributed by atoms with Gasteiger partial charge in [-0.15, -0.1) is 32.9 Å². The predicted molar refractivity (Wildman–Crippen MR) is 74.8 cm³/mol. The third kappa shape index (κ3) is 2.38. The van der Waals surface area contributed by atoms with E-state index in [9.17, 15) is 0 Å². The highest BCUT2D eigenvalue weighted by Crippen LogP contribution is 2.27. The van der Waals surface area contributed by atoms with Crippen LogP contribution in [0, 0.1) is 6.92 Å².